The van der Waals surface area contributed by atoms with Crippen molar-refractivity contribution in [3.63, 3.8) is 0 Å². The van der Waals surface area contributed by atoms with E-state index in [9.17, 15) is 8.42 Å². The molecule has 22 heavy (non-hydrogen) atoms. The van der Waals surface area contributed by atoms with E-state index < -0.39 is 9.84 Å². The maximum absolute atomic E-state index is 12.7. The molecule has 0 aliphatic heterocycles. The minimum absolute atomic E-state index is 0.00750. The molecule has 1 aromatic heterocycles. The van der Waals surface area contributed by atoms with Crippen LogP contribution in [0.15, 0.2) is 58.5 Å². The number of H-pyrrole nitrogens is 1. The Morgan fingerprint density at radius 2 is 1.91 bits per heavy atom. The van der Waals surface area contributed by atoms with Gasteiger partial charge in [0.1, 0.15) is 12.4 Å². The van der Waals surface area contributed by atoms with Gasteiger partial charge in [-0.3, -0.25) is 5.10 Å². The molecule has 0 saturated carbocycles. The second kappa shape index (κ2) is 5.78. The van der Waals surface area contributed by atoms with Crippen molar-refractivity contribution >= 4 is 20.7 Å². The molecule has 114 valence electrons. The summed E-state index contributed by atoms with van der Waals surface area (Å²) in [7, 11) is -3.68. The van der Waals surface area contributed by atoms with E-state index in [2.05, 4.69) is 10.2 Å². The standard InChI is InChI=1S/C15H15N3O3S/c16-8-9-21-11-6-7-14-13(10-11)15(18-17-14)22(19,20)12-4-2-1-3-5-12/h1-7,10H,8-9,16H2,(H,17,18). The van der Waals surface area contributed by atoms with E-state index in [1.54, 1.807) is 48.5 Å². The van der Waals surface area contributed by atoms with Gasteiger partial charge in [-0.15, -0.1) is 0 Å². The molecule has 3 rings (SSSR count). The van der Waals surface area contributed by atoms with E-state index in [0.29, 0.717) is 29.8 Å². The average Bonchev–Trinajstić information content (AvgIpc) is 2.97. The fourth-order valence-corrected chi connectivity index (χ4v) is 3.51. The topological polar surface area (TPSA) is 98.1 Å². The maximum atomic E-state index is 12.7. The first kappa shape index (κ1) is 14.6. The third-order valence-electron chi connectivity index (χ3n) is 3.19. The summed E-state index contributed by atoms with van der Waals surface area (Å²) in [6.07, 6.45) is 0. The quantitative estimate of drug-likeness (QED) is 0.747. The number of nitrogens with two attached hydrogens (primary N) is 1. The number of sulfone groups is 1. The Kier molecular flexibility index (Phi) is 3.82. The predicted octanol–water partition coefficient (Wildman–Crippen LogP) is 1.73. The van der Waals surface area contributed by atoms with Crippen molar-refractivity contribution in [2.24, 2.45) is 5.73 Å². The first-order chi connectivity index (χ1) is 10.6. The first-order valence-corrected chi connectivity index (χ1v) is 8.22. The molecule has 0 bridgehead atoms. The van der Waals surface area contributed by atoms with Crippen LogP contribution in [0.1, 0.15) is 0 Å². The number of fused-ring (bicyclic) bond motifs is 1. The largest absolute Gasteiger partial charge is 0.492 e. The summed E-state index contributed by atoms with van der Waals surface area (Å²) in [5.74, 6) is 0.559. The number of aromatic nitrogens is 2. The van der Waals surface area contributed by atoms with Crippen LogP contribution < -0.4 is 10.5 Å². The van der Waals surface area contributed by atoms with E-state index in [1.807, 2.05) is 0 Å². The van der Waals surface area contributed by atoms with E-state index in [-0.39, 0.29) is 9.92 Å². The lowest BCUT2D eigenvalue weighted by atomic mass is 10.2. The summed E-state index contributed by atoms with van der Waals surface area (Å²) in [5.41, 5.74) is 6.04. The van der Waals surface area contributed by atoms with Crippen molar-refractivity contribution < 1.29 is 13.2 Å². The average molecular weight is 317 g/mol. The Labute approximate surface area is 127 Å². The SMILES string of the molecule is NCCOc1ccc2[nH]nc(S(=O)(=O)c3ccccc3)c2c1. The molecule has 0 amide bonds. The van der Waals surface area contributed by atoms with E-state index in [4.69, 9.17) is 10.5 Å². The van der Waals surface area contributed by atoms with E-state index in [1.165, 1.54) is 0 Å². The van der Waals surface area contributed by atoms with Crippen molar-refractivity contribution in [2.45, 2.75) is 9.92 Å². The zero-order chi connectivity index (χ0) is 15.6. The van der Waals surface area contributed by atoms with Gasteiger partial charge < -0.3 is 10.5 Å². The van der Waals surface area contributed by atoms with Gasteiger partial charge >= 0.3 is 0 Å². The number of rotatable bonds is 5. The number of nitrogens with one attached hydrogen (secondary N) is 1. The van der Waals surface area contributed by atoms with E-state index >= 15 is 0 Å². The molecule has 0 aliphatic rings. The second-order valence-corrected chi connectivity index (χ2v) is 6.55. The lowest BCUT2D eigenvalue weighted by Crippen LogP contribution is -2.10. The first-order valence-electron chi connectivity index (χ1n) is 6.74. The minimum atomic E-state index is -3.68. The van der Waals surface area contributed by atoms with Crippen LogP contribution in [0, 0.1) is 0 Å². The van der Waals surface area contributed by atoms with Gasteiger partial charge in [-0.05, 0) is 30.3 Å². The van der Waals surface area contributed by atoms with Crippen LogP contribution in [0.2, 0.25) is 0 Å². The van der Waals surface area contributed by atoms with Gasteiger partial charge in [0.05, 0.1) is 10.4 Å². The molecule has 1 heterocycles. The van der Waals surface area contributed by atoms with Crippen LogP contribution in [0.3, 0.4) is 0 Å². The number of nitrogens with zero attached hydrogens (tertiary/aromatic N) is 1. The Bertz CT molecular complexity index is 889. The van der Waals surface area contributed by atoms with Crippen LogP contribution in [-0.4, -0.2) is 31.8 Å². The summed E-state index contributed by atoms with van der Waals surface area (Å²) in [6, 6.07) is 13.3. The maximum Gasteiger partial charge on any atom is 0.226 e. The molecule has 0 spiro atoms. The lowest BCUT2D eigenvalue weighted by Gasteiger charge is -2.05. The Hall–Kier alpha value is -2.38. The molecule has 3 N–H and O–H groups in total. The predicted molar refractivity (Wildman–Crippen MR) is 82.5 cm³/mol. The van der Waals surface area contributed by atoms with E-state index in [0.717, 1.165) is 0 Å². The fraction of sp³-hybridized carbons (Fsp3) is 0.133. The Balaban J connectivity index is 2.11. The third kappa shape index (κ3) is 2.56. The molecule has 7 heteroatoms. The van der Waals surface area contributed by atoms with Crippen molar-refractivity contribution in [3.05, 3.63) is 48.5 Å². The molecule has 0 unspecified atom stereocenters. The highest BCUT2D eigenvalue weighted by atomic mass is 32.2. The fourth-order valence-electron chi connectivity index (χ4n) is 2.15. The van der Waals surface area contributed by atoms with Crippen LogP contribution in [0.25, 0.3) is 10.9 Å². The minimum Gasteiger partial charge on any atom is -0.492 e. The van der Waals surface area contributed by atoms with Gasteiger partial charge in [0.2, 0.25) is 9.84 Å². The van der Waals surface area contributed by atoms with Crippen molar-refractivity contribution in [1.82, 2.24) is 10.2 Å². The van der Waals surface area contributed by atoms with Crippen molar-refractivity contribution in [3.8, 4) is 5.75 Å². The van der Waals surface area contributed by atoms with Gasteiger partial charge in [0.25, 0.3) is 0 Å². The molecule has 0 saturated heterocycles. The lowest BCUT2D eigenvalue weighted by molar-refractivity contribution is 0.329. The van der Waals surface area contributed by atoms with Gasteiger partial charge in [-0.2, -0.15) is 5.10 Å². The van der Waals surface area contributed by atoms with Gasteiger partial charge in [-0.1, -0.05) is 18.2 Å². The summed E-state index contributed by atoms with van der Waals surface area (Å²) in [5, 5.41) is 7.20. The molecular weight excluding hydrogens is 302 g/mol. The van der Waals surface area contributed by atoms with Crippen LogP contribution in [-0.2, 0) is 9.84 Å². The number of benzene rings is 2. The Morgan fingerprint density at radius 1 is 1.14 bits per heavy atom. The molecule has 0 fully saturated rings. The van der Waals surface area contributed by atoms with Gasteiger partial charge in [0, 0.05) is 11.9 Å². The number of hydrogen-bond acceptors (Lipinski definition) is 5. The number of ether oxygens (including phenoxy) is 1. The molecule has 0 radical (unpaired) electrons. The Morgan fingerprint density at radius 3 is 2.64 bits per heavy atom. The summed E-state index contributed by atoms with van der Waals surface area (Å²) >= 11 is 0. The molecule has 6 nitrogen and oxygen atoms in total. The third-order valence-corrected chi connectivity index (χ3v) is 4.91. The molecular formula is C15H15N3O3S. The van der Waals surface area contributed by atoms with Crippen LogP contribution in [0.4, 0.5) is 0 Å². The summed E-state index contributed by atoms with van der Waals surface area (Å²) in [6.45, 7) is 0.753. The van der Waals surface area contributed by atoms with Crippen LogP contribution in [0.5, 0.6) is 5.75 Å². The number of hydrogen-bond donors (Lipinski definition) is 2. The zero-order valence-corrected chi connectivity index (χ0v) is 12.5. The van der Waals surface area contributed by atoms with Gasteiger partial charge in [-0.25, -0.2) is 8.42 Å². The smallest absolute Gasteiger partial charge is 0.226 e. The molecule has 3 aromatic rings. The molecule has 2 aromatic carbocycles. The van der Waals surface area contributed by atoms with Crippen LogP contribution >= 0.6 is 0 Å². The summed E-state index contributed by atoms with van der Waals surface area (Å²) < 4.78 is 30.8. The summed E-state index contributed by atoms with van der Waals surface area (Å²) in [4.78, 5) is 0.205. The highest BCUT2D eigenvalue weighted by Crippen LogP contribution is 2.28. The van der Waals surface area contributed by atoms with Crippen molar-refractivity contribution in [1.29, 1.82) is 0 Å². The molecule has 0 atom stereocenters. The molecule has 0 aliphatic carbocycles. The zero-order valence-electron chi connectivity index (χ0n) is 11.7. The highest BCUT2D eigenvalue weighted by Gasteiger charge is 2.23. The number of aromatic amines is 1. The monoisotopic (exact) mass is 317 g/mol. The van der Waals surface area contributed by atoms with Crippen molar-refractivity contribution in [2.75, 3.05) is 13.2 Å². The second-order valence-electron chi connectivity index (χ2n) is 4.69. The highest BCUT2D eigenvalue weighted by molar-refractivity contribution is 7.91. The van der Waals surface area contributed by atoms with Gasteiger partial charge in [0.15, 0.2) is 5.03 Å². The normalized spacial score (nSPS) is 11.7.